The molecule has 1 aliphatic rings. The van der Waals surface area contributed by atoms with Gasteiger partial charge in [0.25, 0.3) is 5.56 Å². The van der Waals surface area contributed by atoms with E-state index in [1.54, 1.807) is 55.3 Å². The van der Waals surface area contributed by atoms with Gasteiger partial charge in [0.15, 0.2) is 15.1 Å². The number of carbonyl (C=O) groups is 1. The van der Waals surface area contributed by atoms with Crippen LogP contribution < -0.4 is 19.6 Å². The summed E-state index contributed by atoms with van der Waals surface area (Å²) in [4.78, 5) is 41.1. The molecule has 1 aliphatic heterocycles. The van der Waals surface area contributed by atoms with Crippen LogP contribution in [0, 0.1) is 0 Å². The van der Waals surface area contributed by atoms with Crippen molar-refractivity contribution >= 4 is 67.0 Å². The van der Waals surface area contributed by atoms with Gasteiger partial charge in [-0.3, -0.25) is 9.36 Å². The Kier molecular flexibility index (Phi) is 9.27. The summed E-state index contributed by atoms with van der Waals surface area (Å²) in [5, 5.41) is 1.10. The highest BCUT2D eigenvalue weighted by atomic mass is 79.9. The molecule has 1 atom stereocenters. The molecule has 0 radical (unpaired) electrons. The number of hydrogen-bond acceptors (Lipinski definition) is 10. The summed E-state index contributed by atoms with van der Waals surface area (Å²) in [5.74, 6) is 0.614. The zero-order chi connectivity index (χ0) is 29.1. The van der Waals surface area contributed by atoms with Gasteiger partial charge in [0, 0.05) is 18.5 Å². The Balaban J connectivity index is 1.66. The first-order valence-electron chi connectivity index (χ1n) is 12.6. The quantitative estimate of drug-likeness (QED) is 0.162. The van der Waals surface area contributed by atoms with Crippen LogP contribution in [-0.2, 0) is 9.53 Å². The summed E-state index contributed by atoms with van der Waals surface area (Å²) in [6.07, 6.45) is 6.31. The van der Waals surface area contributed by atoms with Crippen LogP contribution in [0.1, 0.15) is 44.1 Å². The fourth-order valence-corrected chi connectivity index (χ4v) is 7.14. The minimum atomic E-state index is -0.735. The standard InChI is InChI=1S/C28H24Br2N4O5S2/c1-4-7-19-22(25(36)38-5-2)23(15-8-9-20(37-3)17(29)12-15)34-24(35)21(40-28(34)33-19)14-16-13-18(30)26(39-16)41-27-31-10-6-11-32-27/h6,8-14,23H,4-5,7H2,1-3H3/b21-14+/t23-/m0/s1. The number of benzene rings is 1. The summed E-state index contributed by atoms with van der Waals surface area (Å²) in [5.41, 5.74) is 1.39. The number of ether oxygens (including phenoxy) is 2. The zero-order valence-electron chi connectivity index (χ0n) is 22.2. The first kappa shape index (κ1) is 29.5. The average molecular weight is 720 g/mol. The Morgan fingerprint density at radius 2 is 1.98 bits per heavy atom. The maximum Gasteiger partial charge on any atom is 0.338 e. The van der Waals surface area contributed by atoms with Crippen molar-refractivity contribution in [3.8, 4) is 5.75 Å². The van der Waals surface area contributed by atoms with Crippen molar-refractivity contribution in [1.82, 2.24) is 14.5 Å². The molecule has 0 saturated carbocycles. The second-order valence-corrected chi connectivity index (χ2v) is 12.4. The summed E-state index contributed by atoms with van der Waals surface area (Å²) in [6.45, 7) is 3.97. The van der Waals surface area contributed by atoms with Crippen molar-refractivity contribution in [2.24, 2.45) is 4.99 Å². The molecule has 1 aromatic carbocycles. The fourth-order valence-electron chi connectivity index (χ4n) is 4.35. The van der Waals surface area contributed by atoms with Gasteiger partial charge in [-0.05, 0) is 86.8 Å². The van der Waals surface area contributed by atoms with Crippen LogP contribution in [0.5, 0.6) is 5.75 Å². The normalized spacial score (nSPS) is 15.0. The van der Waals surface area contributed by atoms with Crippen molar-refractivity contribution in [3.05, 3.63) is 94.0 Å². The number of methoxy groups -OCH3 is 1. The third-order valence-electron chi connectivity index (χ3n) is 6.06. The largest absolute Gasteiger partial charge is 0.496 e. The molecule has 5 rings (SSSR count). The van der Waals surface area contributed by atoms with Crippen LogP contribution in [0.4, 0.5) is 0 Å². The lowest BCUT2D eigenvalue weighted by atomic mass is 9.94. The van der Waals surface area contributed by atoms with Crippen LogP contribution in [0.2, 0.25) is 0 Å². The van der Waals surface area contributed by atoms with Crippen molar-refractivity contribution in [2.45, 2.75) is 43.0 Å². The lowest BCUT2D eigenvalue weighted by Crippen LogP contribution is -2.40. The Bertz CT molecular complexity index is 1810. The second-order valence-electron chi connectivity index (χ2n) is 8.73. The zero-order valence-corrected chi connectivity index (χ0v) is 27.0. The number of halogens is 2. The Hall–Kier alpha value is -3.00. The van der Waals surface area contributed by atoms with Gasteiger partial charge in [-0.1, -0.05) is 30.7 Å². The lowest BCUT2D eigenvalue weighted by Gasteiger charge is -2.26. The van der Waals surface area contributed by atoms with E-state index < -0.39 is 12.0 Å². The van der Waals surface area contributed by atoms with E-state index in [0.29, 0.717) is 57.7 Å². The van der Waals surface area contributed by atoms with Crippen molar-refractivity contribution in [3.63, 3.8) is 0 Å². The molecule has 0 aliphatic carbocycles. The molecule has 0 amide bonds. The molecule has 4 aromatic rings. The predicted octanol–water partition coefficient (Wildman–Crippen LogP) is 5.65. The topological polar surface area (TPSA) is 109 Å². The van der Waals surface area contributed by atoms with Gasteiger partial charge in [0.05, 0.1) is 44.5 Å². The van der Waals surface area contributed by atoms with Gasteiger partial charge in [0.2, 0.25) is 0 Å². The third kappa shape index (κ3) is 6.13. The number of rotatable bonds is 9. The molecule has 13 heteroatoms. The van der Waals surface area contributed by atoms with E-state index in [0.717, 1.165) is 12.0 Å². The molecular formula is C28H24Br2N4O5S2. The summed E-state index contributed by atoms with van der Waals surface area (Å²) in [7, 11) is 1.58. The number of allylic oxidation sites excluding steroid dienone is 1. The molecule has 0 unspecified atom stereocenters. The molecule has 9 nitrogen and oxygen atoms in total. The van der Waals surface area contributed by atoms with Gasteiger partial charge in [-0.25, -0.2) is 19.8 Å². The molecule has 212 valence electrons. The SMILES string of the molecule is CCCC1=C(C(=O)OCC)[C@H](c2ccc(OC)c(Br)c2)n2c(s/c(=C/c3cc(Br)c(Sc4ncccn4)o3)c2=O)=N1. The maximum atomic E-state index is 14.0. The van der Waals surface area contributed by atoms with Crippen LogP contribution in [0.15, 0.2) is 87.4 Å². The van der Waals surface area contributed by atoms with Gasteiger partial charge in [-0.2, -0.15) is 0 Å². The molecule has 0 N–H and O–H groups in total. The van der Waals surface area contributed by atoms with Gasteiger partial charge < -0.3 is 13.9 Å². The highest BCUT2D eigenvalue weighted by molar-refractivity contribution is 9.10. The van der Waals surface area contributed by atoms with E-state index in [9.17, 15) is 9.59 Å². The van der Waals surface area contributed by atoms with E-state index in [2.05, 4.69) is 41.8 Å². The molecular weight excluding hydrogens is 696 g/mol. The van der Waals surface area contributed by atoms with Crippen LogP contribution in [0.3, 0.4) is 0 Å². The van der Waals surface area contributed by atoms with E-state index in [1.807, 2.05) is 19.1 Å². The maximum absolute atomic E-state index is 14.0. The molecule has 4 heterocycles. The number of nitrogens with zero attached hydrogens (tertiary/aromatic N) is 4. The van der Waals surface area contributed by atoms with Crippen LogP contribution in [0.25, 0.3) is 6.08 Å². The Labute approximate surface area is 260 Å². The van der Waals surface area contributed by atoms with Crippen molar-refractivity contribution in [2.75, 3.05) is 13.7 Å². The number of hydrogen-bond donors (Lipinski definition) is 0. The predicted molar refractivity (Wildman–Crippen MR) is 163 cm³/mol. The number of fused-ring (bicyclic) bond motifs is 1. The van der Waals surface area contributed by atoms with E-state index in [1.165, 1.54) is 23.1 Å². The van der Waals surface area contributed by atoms with Crippen LogP contribution >= 0.6 is 55.0 Å². The second kappa shape index (κ2) is 12.9. The minimum Gasteiger partial charge on any atom is -0.496 e. The molecule has 0 spiro atoms. The van der Waals surface area contributed by atoms with Gasteiger partial charge in [0.1, 0.15) is 11.5 Å². The van der Waals surface area contributed by atoms with Crippen LogP contribution in [-0.4, -0.2) is 34.2 Å². The highest BCUT2D eigenvalue weighted by Crippen LogP contribution is 2.37. The highest BCUT2D eigenvalue weighted by Gasteiger charge is 2.34. The Morgan fingerprint density at radius 3 is 2.66 bits per heavy atom. The fraction of sp³-hybridized carbons (Fsp3) is 0.250. The number of aromatic nitrogens is 3. The molecule has 0 fully saturated rings. The first-order chi connectivity index (χ1) is 19.8. The third-order valence-corrected chi connectivity index (χ3v) is 9.39. The average Bonchev–Trinajstić information content (AvgIpc) is 3.46. The first-order valence-corrected chi connectivity index (χ1v) is 15.9. The summed E-state index contributed by atoms with van der Waals surface area (Å²) >= 11 is 9.58. The summed E-state index contributed by atoms with van der Waals surface area (Å²) < 4.78 is 20.3. The van der Waals surface area contributed by atoms with Crippen molar-refractivity contribution < 1.29 is 18.7 Å². The monoisotopic (exact) mass is 718 g/mol. The van der Waals surface area contributed by atoms with E-state index in [4.69, 9.17) is 18.9 Å². The van der Waals surface area contributed by atoms with Gasteiger partial charge >= 0.3 is 5.97 Å². The van der Waals surface area contributed by atoms with Gasteiger partial charge in [-0.15, -0.1) is 0 Å². The molecule has 0 saturated heterocycles. The number of carbonyl (C=O) groups excluding carboxylic acids is 1. The van der Waals surface area contributed by atoms with Crippen molar-refractivity contribution in [1.29, 1.82) is 0 Å². The molecule has 3 aromatic heterocycles. The number of esters is 1. The van der Waals surface area contributed by atoms with E-state index >= 15 is 0 Å². The lowest BCUT2D eigenvalue weighted by molar-refractivity contribution is -0.139. The molecule has 41 heavy (non-hydrogen) atoms. The number of thiazole rings is 1. The summed E-state index contributed by atoms with van der Waals surface area (Å²) in [6, 6.07) is 8.29. The van der Waals surface area contributed by atoms with E-state index in [-0.39, 0.29) is 12.2 Å². The Morgan fingerprint density at radius 1 is 1.20 bits per heavy atom. The minimum absolute atomic E-state index is 0.201. The number of furan rings is 1. The molecule has 0 bridgehead atoms. The smallest absolute Gasteiger partial charge is 0.338 e.